The summed E-state index contributed by atoms with van der Waals surface area (Å²) in [6.07, 6.45) is 1.27. The molecule has 0 aromatic heterocycles. The van der Waals surface area contributed by atoms with Crippen LogP contribution in [0.2, 0.25) is 0 Å². The van der Waals surface area contributed by atoms with Gasteiger partial charge in [-0.15, -0.1) is 0 Å². The molecule has 0 unspecified atom stereocenters. The fraction of sp³-hybridized carbons (Fsp3) is 0.692. The van der Waals surface area contributed by atoms with Gasteiger partial charge in [0.15, 0.2) is 0 Å². The highest BCUT2D eigenvalue weighted by atomic mass is 31.2. The lowest BCUT2D eigenvalue weighted by Gasteiger charge is -2.17. The Kier molecular flexibility index (Phi) is 8.05. The van der Waals surface area contributed by atoms with Gasteiger partial charge in [0.1, 0.15) is 17.2 Å². The van der Waals surface area contributed by atoms with Crippen LogP contribution in [0.3, 0.4) is 0 Å². The molecule has 0 fully saturated rings. The molecule has 5 nitrogen and oxygen atoms in total. The van der Waals surface area contributed by atoms with Crippen LogP contribution in [0.1, 0.15) is 34.6 Å². The predicted octanol–water partition coefficient (Wildman–Crippen LogP) is 2.90. The maximum absolute atomic E-state index is 12.6. The Hall–Kier alpha value is -0.790. The molecular formula is C13H23O5P. The first-order chi connectivity index (χ1) is 8.79. The Morgan fingerprint density at radius 2 is 1.74 bits per heavy atom. The number of rotatable bonds is 7. The van der Waals surface area contributed by atoms with E-state index in [0.29, 0.717) is 6.61 Å². The molecule has 0 atom stereocenters. The van der Waals surface area contributed by atoms with Crippen molar-refractivity contribution in [3.63, 3.8) is 0 Å². The van der Waals surface area contributed by atoms with Gasteiger partial charge in [0, 0.05) is 0 Å². The molecule has 0 aliphatic heterocycles. The summed E-state index contributed by atoms with van der Waals surface area (Å²) >= 11 is 0. The molecular weight excluding hydrogens is 267 g/mol. The average molecular weight is 290 g/mol. The molecule has 19 heavy (non-hydrogen) atoms. The van der Waals surface area contributed by atoms with Gasteiger partial charge in [-0.1, -0.05) is 11.8 Å². The lowest BCUT2D eigenvalue weighted by molar-refractivity contribution is 0.143. The summed E-state index contributed by atoms with van der Waals surface area (Å²) in [6.45, 7) is 9.15. The van der Waals surface area contributed by atoms with Gasteiger partial charge in [-0.25, -0.2) is 0 Å². The van der Waals surface area contributed by atoms with Gasteiger partial charge in [0.05, 0.1) is 19.8 Å². The van der Waals surface area contributed by atoms with Crippen molar-refractivity contribution in [2.24, 2.45) is 0 Å². The Labute approximate surface area is 115 Å². The molecule has 110 valence electrons. The van der Waals surface area contributed by atoms with Crippen LogP contribution in [0.4, 0.5) is 0 Å². The summed E-state index contributed by atoms with van der Waals surface area (Å²) in [5.74, 6) is 5.21. The van der Waals surface area contributed by atoms with Crippen molar-refractivity contribution in [1.82, 2.24) is 0 Å². The van der Waals surface area contributed by atoms with Crippen molar-refractivity contribution in [2.75, 3.05) is 19.8 Å². The lowest BCUT2D eigenvalue weighted by Crippen LogP contribution is -2.14. The minimum absolute atomic E-state index is 0.111. The Balaban J connectivity index is 5.42. The first kappa shape index (κ1) is 18.2. The molecule has 0 aliphatic carbocycles. The second-order valence-electron chi connectivity index (χ2n) is 4.10. The first-order valence-electron chi connectivity index (χ1n) is 6.26. The van der Waals surface area contributed by atoms with Crippen LogP contribution < -0.4 is 0 Å². The highest BCUT2D eigenvalue weighted by Gasteiger charge is 2.29. The van der Waals surface area contributed by atoms with Crippen molar-refractivity contribution >= 4 is 7.60 Å². The summed E-state index contributed by atoms with van der Waals surface area (Å²) < 4.78 is 28.1. The third-order valence-corrected chi connectivity index (χ3v) is 3.75. The molecule has 6 heteroatoms. The highest BCUT2D eigenvalue weighted by Crippen LogP contribution is 2.55. The second-order valence-corrected chi connectivity index (χ2v) is 6.09. The second kappa shape index (κ2) is 8.39. The maximum atomic E-state index is 12.6. The minimum atomic E-state index is -3.49. The minimum Gasteiger partial charge on any atom is -0.500 e. The zero-order valence-electron chi connectivity index (χ0n) is 12.2. The molecule has 0 saturated heterocycles. The van der Waals surface area contributed by atoms with E-state index < -0.39 is 13.2 Å². The van der Waals surface area contributed by atoms with Gasteiger partial charge in [0.25, 0.3) is 0 Å². The van der Waals surface area contributed by atoms with Crippen molar-refractivity contribution in [1.29, 1.82) is 0 Å². The number of aliphatic hydroxyl groups is 1. The third kappa shape index (κ3) is 7.39. The molecule has 1 N–H and O–H groups in total. The van der Waals surface area contributed by atoms with Gasteiger partial charge >= 0.3 is 7.60 Å². The summed E-state index contributed by atoms with van der Waals surface area (Å²) in [6, 6.07) is 0. The van der Waals surface area contributed by atoms with E-state index in [1.807, 2.05) is 0 Å². The van der Waals surface area contributed by atoms with Gasteiger partial charge in [-0.2, -0.15) is 0 Å². The quantitative estimate of drug-likeness (QED) is 0.443. The Morgan fingerprint density at radius 1 is 1.21 bits per heavy atom. The molecule has 0 amide bonds. The molecule has 0 heterocycles. The zero-order valence-corrected chi connectivity index (χ0v) is 13.1. The third-order valence-electron chi connectivity index (χ3n) is 1.75. The van der Waals surface area contributed by atoms with E-state index in [-0.39, 0.29) is 18.5 Å². The smallest absolute Gasteiger partial charge is 0.372 e. The SMILES string of the molecule is CCO/C=C(\C#CC(C)(C)O)P(=O)(OCC)OCC. The summed E-state index contributed by atoms with van der Waals surface area (Å²) in [4.78, 5) is 0. The maximum Gasteiger partial charge on any atom is 0.372 e. The van der Waals surface area contributed by atoms with Crippen LogP contribution in [-0.4, -0.2) is 30.5 Å². The van der Waals surface area contributed by atoms with Gasteiger partial charge in [-0.3, -0.25) is 4.57 Å². The fourth-order valence-electron chi connectivity index (χ4n) is 1.06. The lowest BCUT2D eigenvalue weighted by atomic mass is 10.1. The number of ether oxygens (including phenoxy) is 1. The standard InChI is InChI=1S/C13H23O5P/c1-6-16-11-12(9-10-13(4,5)14)19(15,17-7-2)18-8-3/h11,14H,6-8H2,1-5H3/b12-11+. The number of hydrogen-bond donors (Lipinski definition) is 1. The van der Waals surface area contributed by atoms with Crippen molar-refractivity contribution in [2.45, 2.75) is 40.2 Å². The largest absolute Gasteiger partial charge is 0.500 e. The number of allylic oxidation sites excluding steroid dienone is 1. The van der Waals surface area contributed by atoms with E-state index in [1.54, 1.807) is 20.8 Å². The molecule has 0 aromatic rings. The predicted molar refractivity (Wildman–Crippen MR) is 74.6 cm³/mol. The van der Waals surface area contributed by atoms with E-state index in [1.165, 1.54) is 20.1 Å². The molecule has 0 saturated carbocycles. The molecule has 0 bridgehead atoms. The average Bonchev–Trinajstić information content (AvgIpc) is 2.28. The Bertz CT molecular complexity index is 387. The molecule has 0 spiro atoms. The van der Waals surface area contributed by atoms with E-state index in [4.69, 9.17) is 13.8 Å². The van der Waals surface area contributed by atoms with E-state index in [2.05, 4.69) is 11.8 Å². The van der Waals surface area contributed by atoms with E-state index in [9.17, 15) is 9.67 Å². The topological polar surface area (TPSA) is 65.0 Å². The number of hydrogen-bond acceptors (Lipinski definition) is 5. The molecule has 0 rings (SSSR count). The zero-order chi connectivity index (χ0) is 14.9. The fourth-order valence-corrected chi connectivity index (χ4v) is 2.49. The van der Waals surface area contributed by atoms with Crippen molar-refractivity contribution in [3.8, 4) is 11.8 Å². The molecule has 0 radical (unpaired) electrons. The Morgan fingerprint density at radius 3 is 2.11 bits per heavy atom. The molecule has 0 aliphatic rings. The van der Waals surface area contributed by atoms with Gasteiger partial charge in [0.2, 0.25) is 0 Å². The van der Waals surface area contributed by atoms with E-state index >= 15 is 0 Å². The van der Waals surface area contributed by atoms with Crippen LogP contribution in [0.25, 0.3) is 0 Å². The molecule has 0 aromatic carbocycles. The normalized spacial score (nSPS) is 12.8. The van der Waals surface area contributed by atoms with Crippen LogP contribution >= 0.6 is 7.60 Å². The van der Waals surface area contributed by atoms with Crippen LogP contribution in [0.15, 0.2) is 11.6 Å². The van der Waals surface area contributed by atoms with Gasteiger partial charge < -0.3 is 18.9 Å². The van der Waals surface area contributed by atoms with Crippen LogP contribution in [0, 0.1) is 11.8 Å². The highest BCUT2D eigenvalue weighted by molar-refractivity contribution is 7.58. The summed E-state index contributed by atoms with van der Waals surface area (Å²) in [5, 5.41) is 9.72. The van der Waals surface area contributed by atoms with Crippen LogP contribution in [0.5, 0.6) is 0 Å². The van der Waals surface area contributed by atoms with Crippen molar-refractivity contribution in [3.05, 3.63) is 11.6 Å². The van der Waals surface area contributed by atoms with Crippen LogP contribution in [-0.2, 0) is 18.3 Å². The monoisotopic (exact) mass is 290 g/mol. The van der Waals surface area contributed by atoms with Gasteiger partial charge in [-0.05, 0) is 34.6 Å². The van der Waals surface area contributed by atoms with Crippen molar-refractivity contribution < 1.29 is 23.5 Å². The first-order valence-corrected chi connectivity index (χ1v) is 7.80. The van der Waals surface area contributed by atoms with E-state index in [0.717, 1.165) is 0 Å². The summed E-state index contributed by atoms with van der Waals surface area (Å²) in [7, 11) is -3.49. The summed E-state index contributed by atoms with van der Waals surface area (Å²) in [5.41, 5.74) is -1.20.